The number of methoxy groups -OCH3 is 1. The van der Waals surface area contributed by atoms with Gasteiger partial charge in [0.15, 0.2) is 5.78 Å². The van der Waals surface area contributed by atoms with Crippen molar-refractivity contribution in [3.63, 3.8) is 0 Å². The maximum atomic E-state index is 12.0. The van der Waals surface area contributed by atoms with Crippen LogP contribution in [0, 0.1) is 0 Å². The molecule has 0 amide bonds. The molecule has 22 heavy (non-hydrogen) atoms. The van der Waals surface area contributed by atoms with Crippen LogP contribution in [0.4, 0.5) is 11.4 Å². The number of Topliss-reactive ketones (excluding diaryl/α,β-unsaturated/α-hetero) is 1. The minimum absolute atomic E-state index is 0.309. The summed E-state index contributed by atoms with van der Waals surface area (Å²) in [5.41, 5.74) is 6.72. The molecule has 0 heterocycles. The summed E-state index contributed by atoms with van der Waals surface area (Å²) in [5.74, 6) is -0.533. The van der Waals surface area contributed by atoms with E-state index in [0.717, 1.165) is 0 Å². The van der Waals surface area contributed by atoms with Crippen LogP contribution in [0.5, 0.6) is 5.75 Å². The molecule has 3 N–H and O–H groups in total. The van der Waals surface area contributed by atoms with Crippen molar-refractivity contribution < 1.29 is 17.9 Å². The van der Waals surface area contributed by atoms with Gasteiger partial charge in [0.2, 0.25) is 10.0 Å². The highest BCUT2D eigenvalue weighted by atomic mass is 32.2. The molecule has 0 aromatic heterocycles. The van der Waals surface area contributed by atoms with Crippen LogP contribution in [0.25, 0.3) is 0 Å². The Bertz CT molecular complexity index is 753. The van der Waals surface area contributed by atoms with Crippen LogP contribution in [-0.4, -0.2) is 27.1 Å². The fraction of sp³-hybridized carbons (Fsp3) is 0.133. The highest BCUT2D eigenvalue weighted by Gasteiger charge is 2.18. The first-order valence-electron chi connectivity index (χ1n) is 6.43. The van der Waals surface area contributed by atoms with Crippen molar-refractivity contribution in [1.82, 2.24) is 0 Å². The molecule has 7 heteroatoms. The second kappa shape index (κ2) is 6.48. The Labute approximate surface area is 129 Å². The minimum atomic E-state index is -3.78. The summed E-state index contributed by atoms with van der Waals surface area (Å²) in [6.07, 6.45) is 0. The number of sulfonamides is 1. The van der Waals surface area contributed by atoms with E-state index in [2.05, 4.69) is 4.72 Å². The molecule has 0 aliphatic heterocycles. The number of hydrogen-bond donors (Lipinski definition) is 2. The number of benzene rings is 2. The number of nitrogen functional groups attached to an aromatic ring is 1. The summed E-state index contributed by atoms with van der Waals surface area (Å²) in [6.45, 7) is 0. The third-order valence-corrected chi connectivity index (χ3v) is 4.11. The SMILES string of the molecule is COc1ccc(C(=O)CS(=O)(=O)Nc2ccc(N)cc2)cc1. The molecular formula is C15H16N2O4S. The van der Waals surface area contributed by atoms with Gasteiger partial charge in [-0.05, 0) is 48.5 Å². The van der Waals surface area contributed by atoms with Crippen molar-refractivity contribution in [2.45, 2.75) is 0 Å². The number of ketones is 1. The zero-order valence-electron chi connectivity index (χ0n) is 11.9. The molecule has 2 aromatic carbocycles. The highest BCUT2D eigenvalue weighted by molar-refractivity contribution is 7.93. The van der Waals surface area contributed by atoms with Gasteiger partial charge in [-0.2, -0.15) is 0 Å². The van der Waals surface area contributed by atoms with Gasteiger partial charge in [0, 0.05) is 16.9 Å². The lowest BCUT2D eigenvalue weighted by atomic mass is 10.1. The smallest absolute Gasteiger partial charge is 0.240 e. The summed E-state index contributed by atoms with van der Waals surface area (Å²) in [7, 11) is -2.27. The lowest BCUT2D eigenvalue weighted by Crippen LogP contribution is -2.22. The standard InChI is InChI=1S/C15H16N2O4S/c1-21-14-8-2-11(3-9-14)15(18)10-22(19,20)17-13-6-4-12(16)5-7-13/h2-9,17H,10,16H2,1H3. The van der Waals surface area contributed by atoms with E-state index in [1.165, 1.54) is 31.4 Å². The number of hydrogen-bond acceptors (Lipinski definition) is 5. The number of rotatable bonds is 6. The van der Waals surface area contributed by atoms with Gasteiger partial charge in [0.1, 0.15) is 11.5 Å². The first-order chi connectivity index (χ1) is 10.4. The number of nitrogens with two attached hydrogens (primary N) is 1. The number of anilines is 2. The van der Waals surface area contributed by atoms with Crippen molar-refractivity contribution >= 4 is 27.2 Å². The molecule has 0 radical (unpaired) electrons. The van der Waals surface area contributed by atoms with E-state index in [1.807, 2.05) is 0 Å². The van der Waals surface area contributed by atoms with E-state index in [0.29, 0.717) is 22.7 Å². The average molecular weight is 320 g/mol. The van der Waals surface area contributed by atoms with E-state index >= 15 is 0 Å². The third-order valence-electron chi connectivity index (χ3n) is 2.92. The number of ether oxygens (including phenoxy) is 1. The molecule has 0 aliphatic carbocycles. The maximum Gasteiger partial charge on any atom is 0.240 e. The third kappa shape index (κ3) is 4.23. The molecule has 0 bridgehead atoms. The fourth-order valence-electron chi connectivity index (χ4n) is 1.80. The summed E-state index contributed by atoms with van der Waals surface area (Å²) in [5, 5.41) is 0. The first-order valence-corrected chi connectivity index (χ1v) is 8.08. The molecule has 0 atom stereocenters. The second-order valence-corrected chi connectivity index (χ2v) is 6.36. The molecular weight excluding hydrogens is 304 g/mol. The highest BCUT2D eigenvalue weighted by Crippen LogP contribution is 2.15. The number of carbonyl (C=O) groups excluding carboxylic acids is 1. The summed E-state index contributed by atoms with van der Waals surface area (Å²) >= 11 is 0. The van der Waals surface area contributed by atoms with Crippen molar-refractivity contribution in [1.29, 1.82) is 0 Å². The van der Waals surface area contributed by atoms with Gasteiger partial charge in [0.25, 0.3) is 0 Å². The van der Waals surface area contributed by atoms with Crippen molar-refractivity contribution in [3.8, 4) is 5.75 Å². The van der Waals surface area contributed by atoms with Crippen LogP contribution in [0.3, 0.4) is 0 Å². The Hall–Kier alpha value is -2.54. The Morgan fingerprint density at radius 2 is 1.68 bits per heavy atom. The molecule has 0 saturated heterocycles. The Balaban J connectivity index is 2.06. The first kappa shape index (κ1) is 15.8. The van der Waals surface area contributed by atoms with Gasteiger partial charge in [-0.3, -0.25) is 9.52 Å². The van der Waals surface area contributed by atoms with E-state index in [9.17, 15) is 13.2 Å². The number of carbonyl (C=O) groups is 1. The molecule has 0 unspecified atom stereocenters. The molecule has 2 rings (SSSR count). The predicted octanol–water partition coefficient (Wildman–Crippen LogP) is 1.90. The van der Waals surface area contributed by atoms with E-state index in [4.69, 9.17) is 10.5 Å². The van der Waals surface area contributed by atoms with Gasteiger partial charge in [-0.1, -0.05) is 0 Å². The Morgan fingerprint density at radius 3 is 2.23 bits per heavy atom. The van der Waals surface area contributed by atoms with E-state index in [1.54, 1.807) is 24.3 Å². The quantitative estimate of drug-likeness (QED) is 0.625. The van der Waals surface area contributed by atoms with Gasteiger partial charge in [0.05, 0.1) is 7.11 Å². The van der Waals surface area contributed by atoms with Crippen LogP contribution in [0.1, 0.15) is 10.4 Å². The fourth-order valence-corrected chi connectivity index (χ4v) is 2.88. The molecule has 6 nitrogen and oxygen atoms in total. The van der Waals surface area contributed by atoms with Gasteiger partial charge >= 0.3 is 0 Å². The molecule has 0 aliphatic rings. The topological polar surface area (TPSA) is 98.5 Å². The molecule has 0 saturated carbocycles. The minimum Gasteiger partial charge on any atom is -0.497 e. The lowest BCUT2D eigenvalue weighted by molar-refractivity contribution is 0.102. The van der Waals surface area contributed by atoms with Crippen molar-refractivity contribution in [3.05, 3.63) is 54.1 Å². The Kier molecular flexibility index (Phi) is 4.67. The molecule has 2 aromatic rings. The van der Waals surface area contributed by atoms with E-state index in [-0.39, 0.29) is 0 Å². The zero-order valence-corrected chi connectivity index (χ0v) is 12.8. The zero-order chi connectivity index (χ0) is 16.2. The normalized spacial score (nSPS) is 11.0. The lowest BCUT2D eigenvalue weighted by Gasteiger charge is -2.08. The van der Waals surface area contributed by atoms with Crippen LogP contribution < -0.4 is 15.2 Å². The average Bonchev–Trinajstić information content (AvgIpc) is 2.49. The van der Waals surface area contributed by atoms with Crippen molar-refractivity contribution in [2.75, 3.05) is 23.3 Å². The Morgan fingerprint density at radius 1 is 1.09 bits per heavy atom. The second-order valence-electron chi connectivity index (χ2n) is 4.63. The van der Waals surface area contributed by atoms with E-state index < -0.39 is 21.6 Å². The van der Waals surface area contributed by atoms with Gasteiger partial charge in [-0.25, -0.2) is 8.42 Å². The van der Waals surface area contributed by atoms with Crippen LogP contribution >= 0.6 is 0 Å². The molecule has 0 fully saturated rings. The van der Waals surface area contributed by atoms with Gasteiger partial charge < -0.3 is 10.5 Å². The van der Waals surface area contributed by atoms with Crippen LogP contribution in [-0.2, 0) is 10.0 Å². The maximum absolute atomic E-state index is 12.0. The van der Waals surface area contributed by atoms with Crippen LogP contribution in [0.2, 0.25) is 0 Å². The number of nitrogens with one attached hydrogen (secondary N) is 1. The van der Waals surface area contributed by atoms with Gasteiger partial charge in [-0.15, -0.1) is 0 Å². The summed E-state index contributed by atoms with van der Waals surface area (Å²) in [4.78, 5) is 12.0. The molecule has 0 spiro atoms. The van der Waals surface area contributed by atoms with Crippen LogP contribution in [0.15, 0.2) is 48.5 Å². The largest absolute Gasteiger partial charge is 0.497 e. The molecule has 116 valence electrons. The summed E-state index contributed by atoms with van der Waals surface area (Å²) < 4.78 is 31.3. The van der Waals surface area contributed by atoms with Crippen molar-refractivity contribution in [2.24, 2.45) is 0 Å². The monoisotopic (exact) mass is 320 g/mol. The predicted molar refractivity (Wildman–Crippen MR) is 85.6 cm³/mol. The summed E-state index contributed by atoms with van der Waals surface area (Å²) in [6, 6.07) is 12.5.